The van der Waals surface area contributed by atoms with E-state index in [0.717, 1.165) is 27.7 Å². The van der Waals surface area contributed by atoms with Crippen molar-refractivity contribution < 1.29 is 77.2 Å². The van der Waals surface area contributed by atoms with E-state index in [0.29, 0.717) is 5.57 Å². The van der Waals surface area contributed by atoms with E-state index >= 15 is 0 Å². The van der Waals surface area contributed by atoms with E-state index in [1.165, 1.54) is 6.26 Å². The molecule has 0 radical (unpaired) electrons. The molecule has 0 amide bonds. The summed E-state index contributed by atoms with van der Waals surface area (Å²) in [5, 5.41) is 32.3. The van der Waals surface area contributed by atoms with Crippen LogP contribution >= 0.6 is 0 Å². The van der Waals surface area contributed by atoms with Crippen molar-refractivity contribution in [2.24, 2.45) is 17.8 Å². The maximum absolute atomic E-state index is 12.6. The molecule has 254 valence electrons. The highest BCUT2D eigenvalue weighted by Gasteiger charge is 2.63. The monoisotopic (exact) mass is 646 g/mol. The quantitative estimate of drug-likeness (QED) is 0.182. The predicted octanol–water partition coefficient (Wildman–Crippen LogP) is -0.364. The van der Waals surface area contributed by atoms with E-state index in [9.17, 15) is 39.3 Å². The molecule has 2 fully saturated rings. The lowest BCUT2D eigenvalue weighted by Gasteiger charge is -2.43. The van der Waals surface area contributed by atoms with Gasteiger partial charge < -0.3 is 53.2 Å². The maximum atomic E-state index is 12.6. The van der Waals surface area contributed by atoms with Crippen LogP contribution in [0.25, 0.3) is 0 Å². The third-order valence-corrected chi connectivity index (χ3v) is 7.61. The molecule has 1 saturated carbocycles. The Balaban J connectivity index is 1.95. The van der Waals surface area contributed by atoms with Crippen molar-refractivity contribution >= 4 is 29.8 Å². The molecule has 2 aliphatic heterocycles. The Morgan fingerprint density at radius 2 is 1.56 bits per heavy atom. The number of carbonyl (C=O) groups is 5. The lowest BCUT2D eigenvalue weighted by molar-refractivity contribution is -0.304. The van der Waals surface area contributed by atoms with Crippen LogP contribution in [-0.2, 0) is 61.9 Å². The summed E-state index contributed by atoms with van der Waals surface area (Å²) in [6.45, 7) is 6.43. The Morgan fingerprint density at radius 3 is 2.11 bits per heavy atom. The van der Waals surface area contributed by atoms with Crippen LogP contribution in [-0.4, -0.2) is 114 Å². The van der Waals surface area contributed by atoms with Gasteiger partial charge in [-0.15, -0.1) is 0 Å². The first-order valence-corrected chi connectivity index (χ1v) is 14.5. The zero-order chi connectivity index (χ0) is 33.6. The highest BCUT2D eigenvalue weighted by molar-refractivity contribution is 5.70. The molecule has 1 saturated heterocycles. The van der Waals surface area contributed by atoms with Gasteiger partial charge in [-0.2, -0.15) is 0 Å². The molecule has 3 rings (SSSR count). The number of hydrogen-bond acceptors (Lipinski definition) is 16. The molecule has 0 aromatic heterocycles. The Hall–Kier alpha value is -3.31. The average molecular weight is 647 g/mol. The van der Waals surface area contributed by atoms with E-state index in [2.05, 4.69) is 0 Å². The highest BCUT2D eigenvalue weighted by atomic mass is 16.7. The summed E-state index contributed by atoms with van der Waals surface area (Å²) in [6, 6.07) is 0. The smallest absolute Gasteiger partial charge is 0.309 e. The van der Waals surface area contributed by atoms with Gasteiger partial charge in [0.25, 0.3) is 0 Å². The lowest BCUT2D eigenvalue weighted by Crippen LogP contribution is -2.61. The second-order valence-corrected chi connectivity index (χ2v) is 11.7. The molecule has 1 aliphatic carbocycles. The normalized spacial score (nSPS) is 34.1. The van der Waals surface area contributed by atoms with Gasteiger partial charge in [0.1, 0.15) is 30.5 Å². The van der Waals surface area contributed by atoms with Crippen LogP contribution in [0.1, 0.15) is 54.4 Å². The van der Waals surface area contributed by atoms with Gasteiger partial charge in [-0.05, 0) is 17.9 Å². The number of fused-ring (bicyclic) bond motifs is 1. The van der Waals surface area contributed by atoms with Gasteiger partial charge in [-0.25, -0.2) is 0 Å². The number of esters is 5. The number of aliphatic hydroxyl groups is 3. The summed E-state index contributed by atoms with van der Waals surface area (Å²) in [4.78, 5) is 60.1. The van der Waals surface area contributed by atoms with Crippen molar-refractivity contribution in [3.05, 3.63) is 11.8 Å². The second-order valence-electron chi connectivity index (χ2n) is 11.7. The Labute approximate surface area is 259 Å². The summed E-state index contributed by atoms with van der Waals surface area (Å²) in [6.07, 6.45) is -8.53. The Morgan fingerprint density at radius 1 is 0.933 bits per heavy atom. The van der Waals surface area contributed by atoms with Crippen LogP contribution < -0.4 is 0 Å². The van der Waals surface area contributed by atoms with E-state index in [-0.39, 0.29) is 25.4 Å². The molecule has 0 aromatic rings. The van der Waals surface area contributed by atoms with Crippen molar-refractivity contribution in [1.82, 2.24) is 0 Å². The largest absolute Gasteiger partial charge is 0.463 e. The van der Waals surface area contributed by atoms with Crippen LogP contribution in [0.15, 0.2) is 11.8 Å². The fourth-order valence-corrected chi connectivity index (χ4v) is 5.79. The van der Waals surface area contributed by atoms with Gasteiger partial charge >= 0.3 is 29.8 Å². The van der Waals surface area contributed by atoms with Crippen molar-refractivity contribution in [2.75, 3.05) is 19.8 Å². The summed E-state index contributed by atoms with van der Waals surface area (Å²) in [5.74, 6) is -5.55. The fraction of sp³-hybridized carbons (Fsp3) is 0.759. The molecule has 16 heteroatoms. The third kappa shape index (κ3) is 8.91. The van der Waals surface area contributed by atoms with Crippen LogP contribution in [0.5, 0.6) is 0 Å². The minimum atomic E-state index is -2.06. The first kappa shape index (κ1) is 36.2. The molecular weight excluding hydrogens is 604 g/mol. The van der Waals surface area contributed by atoms with Crippen LogP contribution in [0.4, 0.5) is 0 Å². The first-order valence-electron chi connectivity index (χ1n) is 14.5. The van der Waals surface area contributed by atoms with Crippen molar-refractivity contribution in [3.63, 3.8) is 0 Å². The lowest BCUT2D eigenvalue weighted by atomic mass is 9.80. The van der Waals surface area contributed by atoms with Crippen molar-refractivity contribution in [2.45, 2.75) is 103 Å². The molecule has 0 spiro atoms. The molecule has 3 aliphatic rings. The highest BCUT2D eigenvalue weighted by Crippen LogP contribution is 2.51. The zero-order valence-corrected chi connectivity index (χ0v) is 26.0. The predicted molar refractivity (Wildman–Crippen MR) is 146 cm³/mol. The third-order valence-electron chi connectivity index (χ3n) is 7.61. The van der Waals surface area contributed by atoms with E-state index in [4.69, 9.17) is 37.9 Å². The van der Waals surface area contributed by atoms with Crippen LogP contribution in [0, 0.1) is 17.8 Å². The second kappa shape index (κ2) is 15.3. The number of ether oxygens (including phenoxy) is 8. The zero-order valence-electron chi connectivity index (χ0n) is 26.0. The van der Waals surface area contributed by atoms with Gasteiger partial charge in [-0.3, -0.25) is 24.0 Å². The number of aliphatic hydroxyl groups excluding tert-OH is 2. The Bertz CT molecular complexity index is 1140. The fourth-order valence-electron chi connectivity index (χ4n) is 5.79. The molecule has 0 bridgehead atoms. The summed E-state index contributed by atoms with van der Waals surface area (Å²) in [5.41, 5.74) is -1.70. The van der Waals surface area contributed by atoms with E-state index in [1.54, 1.807) is 0 Å². The molecular formula is C29H42O16. The molecule has 16 nitrogen and oxygen atoms in total. The first-order chi connectivity index (χ1) is 21.1. The number of hydrogen-bond donors (Lipinski definition) is 3. The number of carbonyl (C=O) groups excluding carboxylic acids is 5. The summed E-state index contributed by atoms with van der Waals surface area (Å²) >= 11 is 0. The SMILES string of the molecule is CC(=O)OC[C@]1(O)[C@H]2[C@H](OC(=O)CC(C)C)OC=C(COC3OC(CO)C(O)C(OC(C)=O)C3OC(C)=O)[C@H]2C[C@@H]1OC(C)=O. The summed E-state index contributed by atoms with van der Waals surface area (Å²) in [7, 11) is 0. The van der Waals surface area contributed by atoms with Gasteiger partial charge in [0.2, 0.25) is 6.29 Å². The molecule has 10 atom stereocenters. The van der Waals surface area contributed by atoms with Crippen LogP contribution in [0.3, 0.4) is 0 Å². The molecule has 3 N–H and O–H groups in total. The molecule has 0 aromatic carbocycles. The molecule has 45 heavy (non-hydrogen) atoms. The molecule has 2 heterocycles. The minimum Gasteiger partial charge on any atom is -0.463 e. The number of rotatable bonds is 12. The van der Waals surface area contributed by atoms with Gasteiger partial charge in [0.05, 0.1) is 25.4 Å². The standard InChI is InChI=1S/C29H42O16/c1-13(2)7-22(35)45-27-23-19(8-21(41-15(4)32)29(23,37)12-40-14(3)31)18(10-38-27)11-39-28-26(43-17(6)34)25(42-16(5)33)24(36)20(9-30)44-28/h10,13,19-21,23-28,30,36-37H,7-9,11-12H2,1-6H3/t19-,20?,21+,23-,24?,25?,26?,27+,28?,29-/m1/s1. The average Bonchev–Trinajstić information content (AvgIpc) is 3.21. The van der Waals surface area contributed by atoms with Gasteiger partial charge in [0, 0.05) is 40.0 Å². The minimum absolute atomic E-state index is 0.0221. The van der Waals surface area contributed by atoms with E-state index in [1.807, 2.05) is 13.8 Å². The Kier molecular flexibility index (Phi) is 12.3. The van der Waals surface area contributed by atoms with Crippen molar-refractivity contribution in [1.29, 1.82) is 0 Å². The van der Waals surface area contributed by atoms with Gasteiger partial charge in [0.15, 0.2) is 18.5 Å². The maximum Gasteiger partial charge on any atom is 0.309 e. The van der Waals surface area contributed by atoms with Gasteiger partial charge in [-0.1, -0.05) is 13.8 Å². The molecule has 5 unspecified atom stereocenters. The topological polar surface area (TPSA) is 220 Å². The van der Waals surface area contributed by atoms with Crippen molar-refractivity contribution in [3.8, 4) is 0 Å². The summed E-state index contributed by atoms with van der Waals surface area (Å²) < 4.78 is 44.0. The van der Waals surface area contributed by atoms with E-state index < -0.39 is 104 Å². The van der Waals surface area contributed by atoms with Crippen LogP contribution in [0.2, 0.25) is 0 Å².